The van der Waals surface area contributed by atoms with Gasteiger partial charge in [-0.1, -0.05) is 75.8 Å². The summed E-state index contributed by atoms with van der Waals surface area (Å²) in [5.74, 6) is -6.95. The number of aromatic amines is 2. The second-order valence-electron chi connectivity index (χ2n) is 16.0. The van der Waals surface area contributed by atoms with E-state index in [1.807, 2.05) is 0 Å². The van der Waals surface area contributed by atoms with E-state index in [9.17, 15) is 53.7 Å². The number of unbranched alkanes of at least 4 members (excludes halogenated alkanes) is 12. The largest absolute Gasteiger partial charge is 0.481 e. The molecule has 0 fully saturated rings. The van der Waals surface area contributed by atoms with Crippen molar-refractivity contribution in [3.8, 4) is 0 Å². The lowest BCUT2D eigenvalue weighted by Gasteiger charge is -2.30. The second-order valence-corrected chi connectivity index (χ2v) is 16.0. The molecule has 0 bridgehead atoms. The number of amides is 6. The molecule has 11 N–H and O–H groups in total. The summed E-state index contributed by atoms with van der Waals surface area (Å²) >= 11 is 0. The van der Waals surface area contributed by atoms with E-state index in [-0.39, 0.29) is 45.1 Å². The first-order valence-electron chi connectivity index (χ1n) is 22.9. The number of nitrogens with one attached hydrogen (secondary N) is 6. The van der Waals surface area contributed by atoms with Crippen molar-refractivity contribution >= 4 is 47.4 Å². The number of tetrazole rings is 1. The van der Waals surface area contributed by atoms with Crippen molar-refractivity contribution in [3.63, 3.8) is 0 Å². The Bertz CT molecular complexity index is 1770. The molecule has 0 saturated carbocycles. The van der Waals surface area contributed by atoms with Crippen LogP contribution in [0.3, 0.4) is 0 Å². The number of aliphatic hydroxyl groups excluding tert-OH is 1. The predicted octanol–water partition coefficient (Wildman–Crippen LogP) is 0.113. The number of carboxylic acid groups (broad SMARTS) is 2. The van der Waals surface area contributed by atoms with Crippen LogP contribution >= 0.6 is 0 Å². The lowest BCUT2D eigenvalue weighted by molar-refractivity contribution is -0.205. The van der Waals surface area contributed by atoms with Crippen molar-refractivity contribution in [1.82, 2.24) is 56.9 Å². The monoisotopic (exact) mass is 951 g/mol. The second kappa shape index (κ2) is 34.3. The van der Waals surface area contributed by atoms with E-state index in [4.69, 9.17) is 15.3 Å². The standard InChI is InChI=1S/C42H70N12O13/c1-29(56)54(67-24-23-66-22-21-45-37(58)16-14-12-10-8-6-4-2-3-5-7-9-11-13-15-36-50-52-53-51-36)34(18-20-38(59)60)41(63)49-33(27-55)40(62)47-31(17-19-35(43)57)39(61)48-32(42(64)65)25-30-26-44-28-46-30/h26,28,31-34,55H,2-25,27H2,1H3,(H2,43,57)(H,44,46)(H,45,58)(H,47,62)(H,48,61)(H,49,63)(H,59,60)(H,64,65)(H,50,51,52,53)/t31-,32-,33-,34-/m0/s1. The van der Waals surface area contributed by atoms with Gasteiger partial charge in [-0.3, -0.25) is 38.4 Å². The first-order valence-corrected chi connectivity index (χ1v) is 22.9. The molecule has 67 heavy (non-hydrogen) atoms. The highest BCUT2D eigenvalue weighted by Crippen LogP contribution is 2.14. The minimum absolute atomic E-state index is 0.0858. The molecule has 0 aliphatic rings. The third-order valence-corrected chi connectivity index (χ3v) is 10.5. The molecule has 0 spiro atoms. The predicted molar refractivity (Wildman–Crippen MR) is 237 cm³/mol. The van der Waals surface area contributed by atoms with Crippen LogP contribution in [0, 0.1) is 0 Å². The van der Waals surface area contributed by atoms with Gasteiger partial charge in [-0.15, -0.1) is 10.2 Å². The molecule has 0 aliphatic carbocycles. The van der Waals surface area contributed by atoms with Crippen molar-refractivity contribution in [1.29, 1.82) is 0 Å². The molecule has 4 atom stereocenters. The van der Waals surface area contributed by atoms with E-state index < -0.39 is 91.5 Å². The van der Waals surface area contributed by atoms with Crippen LogP contribution in [0.25, 0.3) is 0 Å². The Balaban J connectivity index is 1.72. The minimum atomic E-state index is -1.77. The van der Waals surface area contributed by atoms with E-state index in [1.54, 1.807) is 0 Å². The van der Waals surface area contributed by atoms with Gasteiger partial charge in [-0.25, -0.2) is 14.8 Å². The highest BCUT2D eigenvalue weighted by molar-refractivity contribution is 5.95. The van der Waals surface area contributed by atoms with Gasteiger partial charge in [-0.2, -0.15) is 5.21 Å². The van der Waals surface area contributed by atoms with Crippen LogP contribution in [0.1, 0.15) is 134 Å². The minimum Gasteiger partial charge on any atom is -0.481 e. The molecule has 2 aromatic rings. The topological polar surface area (TPSA) is 376 Å². The maximum atomic E-state index is 13.5. The Morgan fingerprint density at radius 2 is 1.36 bits per heavy atom. The Morgan fingerprint density at radius 1 is 0.746 bits per heavy atom. The molecule has 25 nitrogen and oxygen atoms in total. The van der Waals surface area contributed by atoms with Crippen LogP contribution in [0.15, 0.2) is 12.5 Å². The van der Waals surface area contributed by atoms with E-state index in [1.165, 1.54) is 63.9 Å². The molecular weight excluding hydrogens is 881 g/mol. The number of aromatic nitrogens is 6. The Labute approximate surface area is 389 Å². The lowest BCUT2D eigenvalue weighted by Crippen LogP contribution is -2.59. The average Bonchev–Trinajstić information content (AvgIpc) is 4.01. The number of imidazole rings is 1. The van der Waals surface area contributed by atoms with Crippen LogP contribution in [-0.4, -0.2) is 155 Å². The fourth-order valence-corrected chi connectivity index (χ4v) is 6.84. The summed E-state index contributed by atoms with van der Waals surface area (Å²) in [6, 6.07) is -6.43. The Hall–Kier alpha value is -6.08. The number of aliphatic hydroxyl groups is 1. The van der Waals surface area contributed by atoms with Crippen molar-refractivity contribution in [2.75, 3.05) is 33.0 Å². The number of carbonyl (C=O) groups excluding carboxylic acids is 6. The highest BCUT2D eigenvalue weighted by Gasteiger charge is 2.34. The molecule has 6 amide bonds. The summed E-state index contributed by atoms with van der Waals surface area (Å²) in [5.41, 5.74) is 5.61. The average molecular weight is 951 g/mol. The summed E-state index contributed by atoms with van der Waals surface area (Å²) in [7, 11) is 0. The number of nitrogens with zero attached hydrogens (tertiary/aromatic N) is 5. The Morgan fingerprint density at radius 3 is 1.91 bits per heavy atom. The summed E-state index contributed by atoms with van der Waals surface area (Å²) in [6.07, 6.45) is 16.8. The lowest BCUT2D eigenvalue weighted by atomic mass is 10.0. The van der Waals surface area contributed by atoms with Gasteiger partial charge in [0.2, 0.25) is 35.4 Å². The molecule has 376 valence electrons. The Kier molecular flexibility index (Phi) is 29.2. The van der Waals surface area contributed by atoms with Crippen LogP contribution in [-0.2, 0) is 60.8 Å². The zero-order chi connectivity index (χ0) is 49.2. The van der Waals surface area contributed by atoms with E-state index in [2.05, 4.69) is 51.9 Å². The fourth-order valence-electron chi connectivity index (χ4n) is 6.84. The summed E-state index contributed by atoms with van der Waals surface area (Å²) in [6.45, 7) is 0.00223. The van der Waals surface area contributed by atoms with Gasteiger partial charge in [-0.05, 0) is 25.7 Å². The van der Waals surface area contributed by atoms with Gasteiger partial charge >= 0.3 is 11.9 Å². The fraction of sp³-hybridized carbons (Fsp3) is 0.714. The molecule has 25 heteroatoms. The molecular formula is C42H70N12O13. The van der Waals surface area contributed by atoms with E-state index in [0.717, 1.165) is 51.3 Å². The van der Waals surface area contributed by atoms with Gasteiger partial charge in [0.1, 0.15) is 24.2 Å². The molecule has 2 heterocycles. The maximum Gasteiger partial charge on any atom is 0.326 e. The maximum absolute atomic E-state index is 13.5. The number of aryl methyl sites for hydroxylation is 1. The molecule has 0 saturated heterocycles. The number of primary amides is 1. The molecule has 2 rings (SSSR count). The van der Waals surface area contributed by atoms with Gasteiger partial charge in [0.15, 0.2) is 5.82 Å². The number of hydrogen-bond donors (Lipinski definition) is 10. The van der Waals surface area contributed by atoms with Crippen molar-refractivity contribution in [2.45, 2.75) is 160 Å². The number of ether oxygens (including phenoxy) is 1. The van der Waals surface area contributed by atoms with Gasteiger partial charge < -0.3 is 52.0 Å². The number of carbonyl (C=O) groups is 8. The number of hydroxylamine groups is 2. The zero-order valence-electron chi connectivity index (χ0n) is 38.4. The van der Waals surface area contributed by atoms with Crippen LogP contribution in [0.4, 0.5) is 0 Å². The smallest absolute Gasteiger partial charge is 0.326 e. The third-order valence-electron chi connectivity index (χ3n) is 10.5. The number of H-pyrrole nitrogens is 2. The molecule has 0 aliphatic heterocycles. The number of rotatable bonds is 40. The molecule has 0 unspecified atom stereocenters. The highest BCUT2D eigenvalue weighted by atomic mass is 16.7. The molecule has 2 aromatic heterocycles. The number of carboxylic acids is 2. The van der Waals surface area contributed by atoms with Crippen molar-refractivity contribution in [2.24, 2.45) is 5.73 Å². The first-order chi connectivity index (χ1) is 32.2. The normalized spacial score (nSPS) is 12.9. The summed E-state index contributed by atoms with van der Waals surface area (Å²) < 4.78 is 5.50. The molecule has 0 aromatic carbocycles. The van der Waals surface area contributed by atoms with Crippen LogP contribution in [0.2, 0.25) is 0 Å². The third kappa shape index (κ3) is 26.0. The van der Waals surface area contributed by atoms with Gasteiger partial charge in [0.25, 0.3) is 0 Å². The first kappa shape index (κ1) is 57.0. The SMILES string of the molecule is CC(=O)N(OCCOCCNC(=O)CCCCCCCCCCCCCCCc1nn[nH]n1)[C@@H](CCC(=O)O)C(=O)N[C@@H](CO)C(=O)N[C@@H](CCC(N)=O)C(=O)N[C@@H](Cc1cnc[nH]1)C(=O)O. The zero-order valence-corrected chi connectivity index (χ0v) is 38.4. The van der Waals surface area contributed by atoms with E-state index >= 15 is 0 Å². The quantitative estimate of drug-likeness (QED) is 0.0313. The van der Waals surface area contributed by atoms with Crippen LogP contribution < -0.4 is 27.0 Å². The van der Waals surface area contributed by atoms with Crippen molar-refractivity contribution < 1.29 is 63.3 Å². The summed E-state index contributed by atoms with van der Waals surface area (Å²) in [4.78, 5) is 112. The summed E-state index contributed by atoms with van der Waals surface area (Å²) in [5, 5.41) is 53.2. The van der Waals surface area contributed by atoms with E-state index in [0.29, 0.717) is 17.2 Å². The van der Waals surface area contributed by atoms with Gasteiger partial charge in [0, 0.05) is 57.5 Å². The number of nitrogens with two attached hydrogens (primary N) is 1. The molecule has 0 radical (unpaired) electrons. The van der Waals surface area contributed by atoms with Gasteiger partial charge in [0.05, 0.1) is 32.8 Å². The number of aliphatic carboxylic acids is 2. The number of hydrogen-bond acceptors (Lipinski definition) is 15. The van der Waals surface area contributed by atoms with Crippen LogP contribution in [0.5, 0.6) is 0 Å². The van der Waals surface area contributed by atoms with Crippen molar-refractivity contribution in [3.05, 3.63) is 24.0 Å².